The Hall–Kier alpha value is -1.40. The second-order valence-corrected chi connectivity index (χ2v) is 7.40. The van der Waals surface area contributed by atoms with E-state index in [1.165, 1.54) is 4.31 Å². The lowest BCUT2D eigenvalue weighted by atomic mass is 9.96. The molecule has 0 aliphatic carbocycles. The average molecular weight is 311 g/mol. The Labute approximate surface area is 125 Å². The number of carbonyl (C=O) groups is 1. The zero-order valence-corrected chi connectivity index (χ0v) is 13.0. The van der Waals surface area contributed by atoms with Crippen molar-refractivity contribution in [2.24, 2.45) is 5.92 Å². The maximum absolute atomic E-state index is 12.6. The summed E-state index contributed by atoms with van der Waals surface area (Å²) in [6, 6.07) is 6.92. The summed E-state index contributed by atoms with van der Waals surface area (Å²) in [5, 5.41) is 8.86. The van der Waals surface area contributed by atoms with Crippen LogP contribution in [-0.2, 0) is 21.2 Å². The summed E-state index contributed by atoms with van der Waals surface area (Å²) >= 11 is 0. The lowest BCUT2D eigenvalue weighted by Gasteiger charge is -2.31. The summed E-state index contributed by atoms with van der Waals surface area (Å²) in [5.74, 6) is -0.965. The van der Waals surface area contributed by atoms with Gasteiger partial charge in [-0.2, -0.15) is 4.31 Å². The largest absolute Gasteiger partial charge is 0.481 e. The van der Waals surface area contributed by atoms with Crippen molar-refractivity contribution in [2.75, 3.05) is 13.1 Å². The van der Waals surface area contributed by atoms with Crippen LogP contribution in [0.1, 0.15) is 31.7 Å². The zero-order chi connectivity index (χ0) is 15.5. The van der Waals surface area contributed by atoms with Crippen molar-refractivity contribution in [3.63, 3.8) is 0 Å². The Morgan fingerprint density at radius 1 is 1.33 bits per heavy atom. The minimum Gasteiger partial charge on any atom is -0.481 e. The van der Waals surface area contributed by atoms with Crippen LogP contribution >= 0.6 is 0 Å². The van der Waals surface area contributed by atoms with Crippen molar-refractivity contribution in [3.8, 4) is 0 Å². The van der Waals surface area contributed by atoms with Crippen LogP contribution in [0.3, 0.4) is 0 Å². The zero-order valence-electron chi connectivity index (χ0n) is 12.2. The van der Waals surface area contributed by atoms with Crippen LogP contribution in [0.2, 0.25) is 0 Å². The molecule has 1 fully saturated rings. The molecule has 6 heteroatoms. The molecular formula is C15H21NO4S. The Balaban J connectivity index is 2.15. The van der Waals surface area contributed by atoms with Crippen molar-refractivity contribution in [1.82, 2.24) is 4.31 Å². The van der Waals surface area contributed by atoms with Gasteiger partial charge < -0.3 is 5.11 Å². The minimum absolute atomic E-state index is 0.0286. The van der Waals surface area contributed by atoms with E-state index >= 15 is 0 Å². The number of nitrogens with zero attached hydrogens (tertiary/aromatic N) is 1. The Morgan fingerprint density at radius 3 is 2.57 bits per heavy atom. The van der Waals surface area contributed by atoms with Crippen LogP contribution in [0.4, 0.5) is 0 Å². The van der Waals surface area contributed by atoms with Crippen molar-refractivity contribution >= 4 is 16.0 Å². The fourth-order valence-corrected chi connectivity index (χ4v) is 4.26. The van der Waals surface area contributed by atoms with Crippen LogP contribution in [-0.4, -0.2) is 36.9 Å². The topological polar surface area (TPSA) is 74.7 Å². The predicted octanol–water partition coefficient (Wildman–Crippen LogP) is 2.12. The molecule has 1 aromatic rings. The molecule has 1 atom stereocenters. The molecule has 0 saturated carbocycles. The predicted molar refractivity (Wildman–Crippen MR) is 79.6 cm³/mol. The molecule has 5 nitrogen and oxygen atoms in total. The van der Waals surface area contributed by atoms with Crippen LogP contribution in [0.25, 0.3) is 0 Å². The van der Waals surface area contributed by atoms with E-state index in [9.17, 15) is 13.2 Å². The molecule has 1 aliphatic rings. The highest BCUT2D eigenvalue weighted by Gasteiger charge is 2.30. The molecule has 0 radical (unpaired) electrons. The molecule has 21 heavy (non-hydrogen) atoms. The van der Waals surface area contributed by atoms with Gasteiger partial charge in [-0.15, -0.1) is 0 Å². The SMILES string of the molecule is CCc1ccc(S(=O)(=O)N2CCCC(CC(=O)O)C2)cc1. The van der Waals surface area contributed by atoms with Gasteiger partial charge in [-0.3, -0.25) is 4.79 Å². The van der Waals surface area contributed by atoms with E-state index in [0.29, 0.717) is 19.5 Å². The maximum atomic E-state index is 12.6. The molecule has 1 unspecified atom stereocenters. The first-order valence-corrected chi connectivity index (χ1v) is 8.68. The number of hydrogen-bond donors (Lipinski definition) is 1. The third-order valence-corrected chi connectivity index (χ3v) is 5.79. The van der Waals surface area contributed by atoms with E-state index in [1.54, 1.807) is 12.1 Å². The molecule has 0 amide bonds. The fourth-order valence-electron chi connectivity index (χ4n) is 2.70. The van der Waals surface area contributed by atoms with Gasteiger partial charge in [-0.25, -0.2) is 8.42 Å². The summed E-state index contributed by atoms with van der Waals surface area (Å²) < 4.78 is 26.6. The van der Waals surface area contributed by atoms with E-state index < -0.39 is 16.0 Å². The number of rotatable bonds is 5. The lowest BCUT2D eigenvalue weighted by Crippen LogP contribution is -2.40. The number of carboxylic acids is 1. The van der Waals surface area contributed by atoms with Gasteiger partial charge in [0, 0.05) is 19.5 Å². The fraction of sp³-hybridized carbons (Fsp3) is 0.533. The van der Waals surface area contributed by atoms with Crippen molar-refractivity contribution in [3.05, 3.63) is 29.8 Å². The van der Waals surface area contributed by atoms with Crippen LogP contribution in [0, 0.1) is 5.92 Å². The number of carboxylic acid groups (broad SMARTS) is 1. The smallest absolute Gasteiger partial charge is 0.303 e. The van der Waals surface area contributed by atoms with E-state index in [4.69, 9.17) is 5.11 Å². The Morgan fingerprint density at radius 2 is 2.00 bits per heavy atom. The number of aryl methyl sites for hydroxylation is 1. The van der Waals surface area contributed by atoms with Crippen molar-refractivity contribution in [1.29, 1.82) is 0 Å². The van der Waals surface area contributed by atoms with Crippen molar-refractivity contribution < 1.29 is 18.3 Å². The summed E-state index contributed by atoms with van der Waals surface area (Å²) in [5.41, 5.74) is 1.09. The molecule has 116 valence electrons. The quantitative estimate of drug-likeness (QED) is 0.904. The molecule has 1 aliphatic heterocycles. The van der Waals surface area contributed by atoms with Gasteiger partial charge in [0.05, 0.1) is 4.90 Å². The van der Waals surface area contributed by atoms with Gasteiger partial charge in [0.1, 0.15) is 0 Å². The summed E-state index contributed by atoms with van der Waals surface area (Å²) in [6.45, 7) is 2.78. The van der Waals surface area contributed by atoms with E-state index in [2.05, 4.69) is 0 Å². The monoisotopic (exact) mass is 311 g/mol. The number of aliphatic carboxylic acids is 1. The first kappa shape index (κ1) is 16.0. The molecule has 1 heterocycles. The van der Waals surface area contributed by atoms with E-state index in [-0.39, 0.29) is 17.2 Å². The highest BCUT2D eigenvalue weighted by molar-refractivity contribution is 7.89. The summed E-state index contributed by atoms with van der Waals surface area (Å²) in [6.07, 6.45) is 2.38. The van der Waals surface area contributed by atoms with E-state index in [0.717, 1.165) is 18.4 Å². The number of hydrogen-bond acceptors (Lipinski definition) is 3. The third-order valence-electron chi connectivity index (χ3n) is 3.91. The first-order valence-electron chi connectivity index (χ1n) is 7.24. The Bertz CT molecular complexity index is 595. The Kier molecular flexibility index (Phi) is 5.00. The van der Waals surface area contributed by atoms with E-state index in [1.807, 2.05) is 19.1 Å². The maximum Gasteiger partial charge on any atom is 0.303 e. The molecule has 0 spiro atoms. The van der Waals surface area contributed by atoms with Gasteiger partial charge in [0.25, 0.3) is 0 Å². The van der Waals surface area contributed by atoms with Gasteiger partial charge in [-0.1, -0.05) is 19.1 Å². The van der Waals surface area contributed by atoms with Crippen LogP contribution in [0.15, 0.2) is 29.2 Å². The van der Waals surface area contributed by atoms with Gasteiger partial charge in [-0.05, 0) is 42.9 Å². The molecule has 1 saturated heterocycles. The minimum atomic E-state index is -3.52. The van der Waals surface area contributed by atoms with Crippen molar-refractivity contribution in [2.45, 2.75) is 37.5 Å². The molecule has 0 aromatic heterocycles. The third kappa shape index (κ3) is 3.83. The summed E-state index contributed by atoms with van der Waals surface area (Å²) in [4.78, 5) is 11.1. The average Bonchev–Trinajstić information content (AvgIpc) is 2.47. The first-order chi connectivity index (χ1) is 9.93. The standard InChI is InChI=1S/C15H21NO4S/c1-2-12-5-7-14(8-6-12)21(19,20)16-9-3-4-13(11-16)10-15(17)18/h5-8,13H,2-4,9-11H2,1H3,(H,17,18). The van der Waals surface area contributed by atoms with Gasteiger partial charge in [0.2, 0.25) is 10.0 Å². The molecule has 1 aromatic carbocycles. The molecular weight excluding hydrogens is 290 g/mol. The highest BCUT2D eigenvalue weighted by Crippen LogP contribution is 2.25. The van der Waals surface area contributed by atoms with Crippen LogP contribution in [0.5, 0.6) is 0 Å². The second kappa shape index (κ2) is 6.58. The molecule has 1 N–H and O–H groups in total. The number of piperidine rings is 1. The summed E-state index contributed by atoms with van der Waals surface area (Å²) in [7, 11) is -3.52. The molecule has 2 rings (SSSR count). The normalized spacial score (nSPS) is 20.3. The van der Waals surface area contributed by atoms with Crippen LogP contribution < -0.4 is 0 Å². The lowest BCUT2D eigenvalue weighted by molar-refractivity contribution is -0.138. The number of benzene rings is 1. The van der Waals surface area contributed by atoms with Gasteiger partial charge in [0.15, 0.2) is 0 Å². The molecule has 0 bridgehead atoms. The number of sulfonamides is 1. The highest BCUT2D eigenvalue weighted by atomic mass is 32.2. The second-order valence-electron chi connectivity index (χ2n) is 5.47. The van der Waals surface area contributed by atoms with Gasteiger partial charge >= 0.3 is 5.97 Å².